The van der Waals surface area contributed by atoms with Crippen molar-refractivity contribution in [3.63, 3.8) is 0 Å². The maximum Gasteiger partial charge on any atom is 0.247 e. The number of benzene rings is 1. The highest BCUT2D eigenvalue weighted by Crippen LogP contribution is 2.15. The number of carbonyl (C=O) groups excluding carboxylic acids is 2. The van der Waals surface area contributed by atoms with E-state index in [2.05, 4.69) is 5.32 Å². The number of carbonyl (C=O) groups is 2. The number of rotatable bonds is 4. The lowest BCUT2D eigenvalue weighted by atomic mass is 10.0. The molecule has 1 aromatic rings. The standard InChI is InChI=1S/C16H22N2O3/c1-16(2)15(20)18(11-9-14(19)17-16)10-8-12-4-6-13(21-3)7-5-12/h4-7H,8-11H2,1-3H3,(H,17,19). The summed E-state index contributed by atoms with van der Waals surface area (Å²) in [6.07, 6.45) is 1.12. The van der Waals surface area contributed by atoms with Crippen LogP contribution >= 0.6 is 0 Å². The molecule has 1 aromatic carbocycles. The van der Waals surface area contributed by atoms with Gasteiger partial charge in [0.2, 0.25) is 11.8 Å². The molecule has 2 amide bonds. The number of hydrogen-bond acceptors (Lipinski definition) is 3. The van der Waals surface area contributed by atoms with E-state index in [9.17, 15) is 9.59 Å². The number of hydrogen-bond donors (Lipinski definition) is 1. The lowest BCUT2D eigenvalue weighted by molar-refractivity contribution is -0.137. The van der Waals surface area contributed by atoms with E-state index in [0.717, 1.165) is 17.7 Å². The van der Waals surface area contributed by atoms with E-state index >= 15 is 0 Å². The van der Waals surface area contributed by atoms with Crippen molar-refractivity contribution in [2.24, 2.45) is 0 Å². The summed E-state index contributed by atoms with van der Waals surface area (Å²) in [5.41, 5.74) is 0.318. The van der Waals surface area contributed by atoms with Gasteiger partial charge in [0.15, 0.2) is 0 Å². The fourth-order valence-electron chi connectivity index (χ4n) is 2.47. The maximum absolute atomic E-state index is 12.4. The highest BCUT2D eigenvalue weighted by atomic mass is 16.5. The van der Waals surface area contributed by atoms with Gasteiger partial charge in [-0.05, 0) is 38.0 Å². The van der Waals surface area contributed by atoms with Crippen molar-refractivity contribution in [2.45, 2.75) is 32.2 Å². The Morgan fingerprint density at radius 2 is 1.90 bits per heavy atom. The molecule has 114 valence electrons. The average molecular weight is 290 g/mol. The molecule has 1 heterocycles. The molecule has 2 rings (SSSR count). The molecule has 21 heavy (non-hydrogen) atoms. The van der Waals surface area contributed by atoms with E-state index in [1.54, 1.807) is 25.9 Å². The number of nitrogens with one attached hydrogen (secondary N) is 1. The van der Waals surface area contributed by atoms with Gasteiger partial charge in [-0.2, -0.15) is 0 Å². The molecule has 1 aliphatic rings. The quantitative estimate of drug-likeness (QED) is 0.911. The molecule has 0 aliphatic carbocycles. The van der Waals surface area contributed by atoms with Gasteiger partial charge in [-0.3, -0.25) is 9.59 Å². The summed E-state index contributed by atoms with van der Waals surface area (Å²) < 4.78 is 5.13. The SMILES string of the molecule is COc1ccc(CCN2CCC(=O)NC(C)(C)C2=O)cc1. The third kappa shape index (κ3) is 3.74. The monoisotopic (exact) mass is 290 g/mol. The second-order valence-electron chi connectivity index (χ2n) is 5.81. The molecule has 0 saturated carbocycles. The number of nitrogens with zero attached hydrogens (tertiary/aromatic N) is 1. The summed E-state index contributed by atoms with van der Waals surface area (Å²) in [6.45, 7) is 4.59. The van der Waals surface area contributed by atoms with E-state index in [4.69, 9.17) is 4.74 Å². The summed E-state index contributed by atoms with van der Waals surface area (Å²) in [5, 5.41) is 2.76. The Balaban J connectivity index is 2.00. The normalized spacial score (nSPS) is 18.1. The fraction of sp³-hybridized carbons (Fsp3) is 0.500. The van der Waals surface area contributed by atoms with Gasteiger partial charge in [-0.15, -0.1) is 0 Å². The Morgan fingerprint density at radius 1 is 1.24 bits per heavy atom. The van der Waals surface area contributed by atoms with Gasteiger partial charge in [0, 0.05) is 19.5 Å². The third-order valence-electron chi connectivity index (χ3n) is 3.71. The van der Waals surface area contributed by atoms with Crippen LogP contribution in [0.15, 0.2) is 24.3 Å². The number of methoxy groups -OCH3 is 1. The van der Waals surface area contributed by atoms with Gasteiger partial charge in [0.1, 0.15) is 11.3 Å². The molecule has 1 fully saturated rings. The predicted octanol–water partition coefficient (Wildman–Crippen LogP) is 1.36. The zero-order valence-electron chi connectivity index (χ0n) is 12.8. The molecule has 0 spiro atoms. The van der Waals surface area contributed by atoms with Crippen LogP contribution in [0.4, 0.5) is 0 Å². The van der Waals surface area contributed by atoms with Gasteiger partial charge in [-0.1, -0.05) is 12.1 Å². The summed E-state index contributed by atoms with van der Waals surface area (Å²) in [7, 11) is 1.64. The van der Waals surface area contributed by atoms with Gasteiger partial charge in [0.25, 0.3) is 0 Å². The molecule has 1 N–H and O–H groups in total. The summed E-state index contributed by atoms with van der Waals surface area (Å²) in [4.78, 5) is 25.8. The van der Waals surface area contributed by atoms with Crippen molar-refractivity contribution in [1.29, 1.82) is 0 Å². The Kier molecular flexibility index (Phi) is 4.50. The predicted molar refractivity (Wildman–Crippen MR) is 80.1 cm³/mol. The van der Waals surface area contributed by atoms with Crippen LogP contribution in [0.1, 0.15) is 25.8 Å². The highest BCUT2D eigenvalue weighted by molar-refractivity contribution is 5.92. The molecular weight excluding hydrogens is 268 g/mol. The van der Waals surface area contributed by atoms with Crippen molar-refractivity contribution in [2.75, 3.05) is 20.2 Å². The zero-order chi connectivity index (χ0) is 15.5. The van der Waals surface area contributed by atoms with Crippen LogP contribution in [0.5, 0.6) is 5.75 Å². The molecule has 1 saturated heterocycles. The van der Waals surface area contributed by atoms with Crippen LogP contribution in [0.25, 0.3) is 0 Å². The minimum atomic E-state index is -0.826. The maximum atomic E-state index is 12.4. The lowest BCUT2D eigenvalue weighted by Gasteiger charge is -2.28. The second kappa shape index (κ2) is 6.16. The van der Waals surface area contributed by atoms with Gasteiger partial charge in [0.05, 0.1) is 7.11 Å². The van der Waals surface area contributed by atoms with Crippen molar-refractivity contribution in [3.05, 3.63) is 29.8 Å². The van der Waals surface area contributed by atoms with Crippen LogP contribution in [0, 0.1) is 0 Å². The number of ether oxygens (including phenoxy) is 1. The smallest absolute Gasteiger partial charge is 0.247 e. The van der Waals surface area contributed by atoms with E-state index in [1.165, 1.54) is 0 Å². The summed E-state index contributed by atoms with van der Waals surface area (Å²) in [6, 6.07) is 7.81. The third-order valence-corrected chi connectivity index (χ3v) is 3.71. The Bertz CT molecular complexity index is 523. The molecule has 1 aliphatic heterocycles. The Hall–Kier alpha value is -2.04. The fourth-order valence-corrected chi connectivity index (χ4v) is 2.47. The van der Waals surface area contributed by atoms with E-state index in [0.29, 0.717) is 19.5 Å². The van der Waals surface area contributed by atoms with E-state index in [-0.39, 0.29) is 11.8 Å². The van der Waals surface area contributed by atoms with Gasteiger partial charge >= 0.3 is 0 Å². The lowest BCUT2D eigenvalue weighted by Crippen LogP contribution is -2.53. The highest BCUT2D eigenvalue weighted by Gasteiger charge is 2.36. The van der Waals surface area contributed by atoms with Crippen LogP contribution < -0.4 is 10.1 Å². The first-order valence-electron chi connectivity index (χ1n) is 7.16. The van der Waals surface area contributed by atoms with Crippen molar-refractivity contribution >= 4 is 11.8 Å². The molecule has 0 radical (unpaired) electrons. The second-order valence-corrected chi connectivity index (χ2v) is 5.81. The first-order valence-corrected chi connectivity index (χ1v) is 7.16. The van der Waals surface area contributed by atoms with Crippen LogP contribution in [0.2, 0.25) is 0 Å². The van der Waals surface area contributed by atoms with Gasteiger partial charge in [-0.25, -0.2) is 0 Å². The topological polar surface area (TPSA) is 58.6 Å². The Morgan fingerprint density at radius 3 is 2.52 bits per heavy atom. The summed E-state index contributed by atoms with van der Waals surface area (Å²) in [5.74, 6) is 0.725. The van der Waals surface area contributed by atoms with E-state index in [1.807, 2.05) is 24.3 Å². The molecular formula is C16H22N2O3. The minimum absolute atomic E-state index is 0.0261. The van der Waals surface area contributed by atoms with Crippen molar-refractivity contribution < 1.29 is 14.3 Å². The molecule has 0 aromatic heterocycles. The molecule has 5 nitrogen and oxygen atoms in total. The van der Waals surface area contributed by atoms with Crippen molar-refractivity contribution in [1.82, 2.24) is 10.2 Å². The minimum Gasteiger partial charge on any atom is -0.497 e. The first kappa shape index (κ1) is 15.4. The molecule has 0 unspecified atom stereocenters. The average Bonchev–Trinajstić information content (AvgIpc) is 2.55. The Labute approximate surface area is 125 Å². The first-order chi connectivity index (χ1) is 9.92. The number of amides is 2. The van der Waals surface area contributed by atoms with Crippen LogP contribution in [-0.2, 0) is 16.0 Å². The van der Waals surface area contributed by atoms with E-state index < -0.39 is 5.54 Å². The zero-order valence-corrected chi connectivity index (χ0v) is 12.8. The van der Waals surface area contributed by atoms with Crippen molar-refractivity contribution in [3.8, 4) is 5.75 Å². The van der Waals surface area contributed by atoms with Crippen LogP contribution in [0.3, 0.4) is 0 Å². The molecule has 0 bridgehead atoms. The molecule has 5 heteroatoms. The van der Waals surface area contributed by atoms with Crippen LogP contribution in [-0.4, -0.2) is 42.5 Å². The summed E-state index contributed by atoms with van der Waals surface area (Å²) >= 11 is 0. The molecule has 0 atom stereocenters. The van der Waals surface area contributed by atoms with Gasteiger partial charge < -0.3 is 15.0 Å². The largest absolute Gasteiger partial charge is 0.497 e.